The lowest BCUT2D eigenvalue weighted by atomic mass is 10.2. The van der Waals surface area contributed by atoms with Gasteiger partial charge in [0.05, 0.1) is 17.6 Å². The van der Waals surface area contributed by atoms with Crippen molar-refractivity contribution >= 4 is 40.8 Å². The van der Waals surface area contributed by atoms with Crippen LogP contribution in [0.25, 0.3) is 0 Å². The fourth-order valence-corrected chi connectivity index (χ4v) is 3.76. The zero-order valence-corrected chi connectivity index (χ0v) is 16.4. The predicted octanol–water partition coefficient (Wildman–Crippen LogP) is 3.36. The third kappa shape index (κ3) is 5.62. The van der Waals surface area contributed by atoms with Gasteiger partial charge in [0, 0.05) is 37.0 Å². The molecule has 1 aliphatic heterocycles. The molecule has 7 heteroatoms. The van der Waals surface area contributed by atoms with E-state index in [0.717, 1.165) is 54.0 Å². The largest absolute Gasteiger partial charge is 0.354 e. The molecule has 138 valence electrons. The number of nitrogens with one attached hydrogen (secondary N) is 1. The normalized spacial score (nSPS) is 15.1. The van der Waals surface area contributed by atoms with Crippen LogP contribution in [0.15, 0.2) is 42.6 Å². The van der Waals surface area contributed by atoms with Crippen molar-refractivity contribution in [2.75, 3.05) is 49.2 Å². The topological polar surface area (TPSA) is 48.5 Å². The van der Waals surface area contributed by atoms with Gasteiger partial charge in [0.15, 0.2) is 0 Å². The average molecular weight is 391 g/mol. The van der Waals surface area contributed by atoms with E-state index in [1.807, 2.05) is 36.4 Å². The van der Waals surface area contributed by atoms with E-state index in [1.54, 1.807) is 18.0 Å². The SMILES string of the molecule is CN1CCN(c2ccc(NC(=O)CSCc3cccc(Cl)c3)cn2)CC1. The molecule has 0 aliphatic carbocycles. The number of aromatic nitrogens is 1. The number of anilines is 2. The summed E-state index contributed by atoms with van der Waals surface area (Å²) in [5, 5.41) is 3.62. The molecule has 0 saturated carbocycles. The fourth-order valence-electron chi connectivity index (χ4n) is 2.77. The summed E-state index contributed by atoms with van der Waals surface area (Å²) in [7, 11) is 2.13. The molecule has 2 heterocycles. The number of benzene rings is 1. The van der Waals surface area contributed by atoms with E-state index in [0.29, 0.717) is 5.75 Å². The minimum atomic E-state index is -0.0221. The number of carbonyl (C=O) groups excluding carboxylic acids is 1. The highest BCUT2D eigenvalue weighted by Gasteiger charge is 2.15. The standard InChI is InChI=1S/C19H23ClN4OS/c1-23-7-9-24(10-8-23)18-6-5-17(12-21-18)22-19(25)14-26-13-15-3-2-4-16(20)11-15/h2-6,11-12H,7-10,13-14H2,1H3,(H,22,25). The summed E-state index contributed by atoms with van der Waals surface area (Å²) in [6.07, 6.45) is 1.73. The summed E-state index contributed by atoms with van der Waals surface area (Å²) in [6.45, 7) is 4.05. The zero-order valence-electron chi connectivity index (χ0n) is 14.8. The molecule has 0 bridgehead atoms. The lowest BCUT2D eigenvalue weighted by molar-refractivity contribution is -0.113. The molecule has 0 unspecified atom stereocenters. The quantitative estimate of drug-likeness (QED) is 0.819. The summed E-state index contributed by atoms with van der Waals surface area (Å²) < 4.78 is 0. The van der Waals surface area contributed by atoms with Crippen molar-refractivity contribution in [3.8, 4) is 0 Å². The third-order valence-electron chi connectivity index (χ3n) is 4.25. The molecular formula is C19H23ClN4OS. The monoisotopic (exact) mass is 390 g/mol. The van der Waals surface area contributed by atoms with E-state index >= 15 is 0 Å². The van der Waals surface area contributed by atoms with E-state index in [2.05, 4.69) is 27.1 Å². The highest BCUT2D eigenvalue weighted by Crippen LogP contribution is 2.18. The minimum Gasteiger partial charge on any atom is -0.354 e. The number of carbonyl (C=O) groups is 1. The summed E-state index contributed by atoms with van der Waals surface area (Å²) in [4.78, 5) is 21.2. The molecule has 2 aromatic rings. The van der Waals surface area contributed by atoms with Crippen molar-refractivity contribution in [3.63, 3.8) is 0 Å². The van der Waals surface area contributed by atoms with Gasteiger partial charge in [-0.2, -0.15) is 0 Å². The highest BCUT2D eigenvalue weighted by molar-refractivity contribution is 7.99. The van der Waals surface area contributed by atoms with Crippen LogP contribution in [0.5, 0.6) is 0 Å². The van der Waals surface area contributed by atoms with Gasteiger partial charge in [0.1, 0.15) is 5.82 Å². The Kier molecular flexibility index (Phi) is 6.77. The molecule has 0 radical (unpaired) electrons. The van der Waals surface area contributed by atoms with Crippen LogP contribution >= 0.6 is 23.4 Å². The Bertz CT molecular complexity index is 733. The first-order chi connectivity index (χ1) is 12.6. The summed E-state index contributed by atoms with van der Waals surface area (Å²) in [6, 6.07) is 11.6. The van der Waals surface area contributed by atoms with Crippen molar-refractivity contribution in [1.29, 1.82) is 0 Å². The second-order valence-corrected chi connectivity index (χ2v) is 7.79. The Labute approximate surface area is 163 Å². The minimum absolute atomic E-state index is 0.0221. The third-order valence-corrected chi connectivity index (χ3v) is 5.49. The molecule has 1 amide bonds. The van der Waals surface area contributed by atoms with Gasteiger partial charge in [-0.05, 0) is 36.9 Å². The Morgan fingerprint density at radius 3 is 2.73 bits per heavy atom. The van der Waals surface area contributed by atoms with E-state index in [1.165, 1.54) is 0 Å². The van der Waals surface area contributed by atoms with Gasteiger partial charge in [0.2, 0.25) is 5.91 Å². The lowest BCUT2D eigenvalue weighted by Gasteiger charge is -2.33. The molecule has 3 rings (SSSR count). The number of hydrogen-bond donors (Lipinski definition) is 1. The van der Waals surface area contributed by atoms with Crippen molar-refractivity contribution in [3.05, 3.63) is 53.2 Å². The molecule has 5 nitrogen and oxygen atoms in total. The van der Waals surface area contributed by atoms with Crippen LogP contribution < -0.4 is 10.2 Å². The highest BCUT2D eigenvalue weighted by atomic mass is 35.5. The Morgan fingerprint density at radius 2 is 2.04 bits per heavy atom. The van der Waals surface area contributed by atoms with Crippen LogP contribution in [0.1, 0.15) is 5.56 Å². The van der Waals surface area contributed by atoms with Gasteiger partial charge < -0.3 is 15.1 Å². The first kappa shape index (κ1) is 19.0. The molecule has 26 heavy (non-hydrogen) atoms. The van der Waals surface area contributed by atoms with Gasteiger partial charge in [-0.3, -0.25) is 4.79 Å². The summed E-state index contributed by atoms with van der Waals surface area (Å²) in [5.74, 6) is 2.10. The molecule has 1 aliphatic rings. The van der Waals surface area contributed by atoms with Gasteiger partial charge in [0.25, 0.3) is 0 Å². The molecule has 1 saturated heterocycles. The van der Waals surface area contributed by atoms with Crippen molar-refractivity contribution in [2.45, 2.75) is 5.75 Å². The second kappa shape index (κ2) is 9.26. The molecule has 1 aromatic carbocycles. The number of pyridine rings is 1. The van der Waals surface area contributed by atoms with Crippen LogP contribution in [0.2, 0.25) is 5.02 Å². The van der Waals surface area contributed by atoms with E-state index in [4.69, 9.17) is 11.6 Å². The number of likely N-dealkylation sites (N-methyl/N-ethyl adjacent to an activating group) is 1. The van der Waals surface area contributed by atoms with E-state index in [-0.39, 0.29) is 5.91 Å². The van der Waals surface area contributed by atoms with Gasteiger partial charge >= 0.3 is 0 Å². The van der Waals surface area contributed by atoms with Crippen LogP contribution in [0.3, 0.4) is 0 Å². The molecule has 1 aromatic heterocycles. The van der Waals surface area contributed by atoms with E-state index in [9.17, 15) is 4.79 Å². The number of nitrogens with zero attached hydrogens (tertiary/aromatic N) is 3. The van der Waals surface area contributed by atoms with Crippen molar-refractivity contribution in [2.24, 2.45) is 0 Å². The maximum Gasteiger partial charge on any atom is 0.234 e. The maximum absolute atomic E-state index is 12.1. The number of amides is 1. The van der Waals surface area contributed by atoms with Crippen molar-refractivity contribution < 1.29 is 4.79 Å². The summed E-state index contributed by atoms with van der Waals surface area (Å²) >= 11 is 7.53. The van der Waals surface area contributed by atoms with E-state index < -0.39 is 0 Å². The number of piperazine rings is 1. The first-order valence-electron chi connectivity index (χ1n) is 8.62. The molecule has 1 fully saturated rings. The molecule has 0 spiro atoms. The first-order valence-corrected chi connectivity index (χ1v) is 10.1. The fraction of sp³-hybridized carbons (Fsp3) is 0.368. The van der Waals surface area contributed by atoms with Crippen LogP contribution in [0.4, 0.5) is 11.5 Å². The Hall–Kier alpha value is -1.76. The second-order valence-electron chi connectivity index (χ2n) is 6.37. The lowest BCUT2D eigenvalue weighted by Crippen LogP contribution is -2.44. The van der Waals surface area contributed by atoms with Crippen LogP contribution in [0, 0.1) is 0 Å². The Morgan fingerprint density at radius 1 is 1.23 bits per heavy atom. The Balaban J connectivity index is 1.44. The van der Waals surface area contributed by atoms with Gasteiger partial charge in [-0.25, -0.2) is 4.98 Å². The maximum atomic E-state index is 12.1. The van der Waals surface area contributed by atoms with Crippen LogP contribution in [-0.4, -0.2) is 54.8 Å². The molecular weight excluding hydrogens is 368 g/mol. The smallest absolute Gasteiger partial charge is 0.234 e. The zero-order chi connectivity index (χ0) is 18.4. The number of hydrogen-bond acceptors (Lipinski definition) is 5. The predicted molar refractivity (Wildman–Crippen MR) is 110 cm³/mol. The molecule has 0 atom stereocenters. The van der Waals surface area contributed by atoms with Gasteiger partial charge in [-0.1, -0.05) is 23.7 Å². The number of halogens is 1. The molecule has 1 N–H and O–H groups in total. The number of rotatable bonds is 6. The summed E-state index contributed by atoms with van der Waals surface area (Å²) in [5.41, 5.74) is 1.85. The number of thioether (sulfide) groups is 1. The average Bonchev–Trinajstić information content (AvgIpc) is 2.63. The van der Waals surface area contributed by atoms with Crippen molar-refractivity contribution in [1.82, 2.24) is 9.88 Å². The van der Waals surface area contributed by atoms with Crippen LogP contribution in [-0.2, 0) is 10.5 Å². The van der Waals surface area contributed by atoms with Gasteiger partial charge in [-0.15, -0.1) is 11.8 Å².